The van der Waals surface area contributed by atoms with E-state index in [-0.39, 0.29) is 18.0 Å². The molecule has 0 aliphatic rings. The van der Waals surface area contributed by atoms with Gasteiger partial charge < -0.3 is 10.5 Å². The van der Waals surface area contributed by atoms with Gasteiger partial charge in [0.2, 0.25) is 0 Å². The number of ether oxygens (including phenoxy) is 1. The predicted octanol–water partition coefficient (Wildman–Crippen LogP) is 1.31. The Balaban J connectivity index is 2.90. The van der Waals surface area contributed by atoms with Crippen LogP contribution in [0.4, 0.5) is 10.1 Å². The lowest BCUT2D eigenvalue weighted by atomic mass is 10.3. The molecule has 4 heteroatoms. The summed E-state index contributed by atoms with van der Waals surface area (Å²) in [4.78, 5) is 0. The molecule has 0 spiro atoms. The smallest absolute Gasteiger partial charge is 0.179 e. The summed E-state index contributed by atoms with van der Waals surface area (Å²) >= 11 is 0. The molecule has 0 saturated heterocycles. The fraction of sp³-hybridized carbons (Fsp3) is 0.125. The lowest BCUT2D eigenvalue weighted by Crippen LogP contribution is -2.00. The molecule has 0 radical (unpaired) electrons. The van der Waals surface area contributed by atoms with Crippen molar-refractivity contribution < 1.29 is 9.13 Å². The van der Waals surface area contributed by atoms with E-state index >= 15 is 0 Å². The van der Waals surface area contributed by atoms with Crippen LogP contribution in [0.25, 0.3) is 0 Å². The van der Waals surface area contributed by atoms with Gasteiger partial charge in [0, 0.05) is 0 Å². The summed E-state index contributed by atoms with van der Waals surface area (Å²) in [6, 6.07) is 5.94. The third-order valence-electron chi connectivity index (χ3n) is 1.28. The molecule has 2 N–H and O–H groups in total. The van der Waals surface area contributed by atoms with Crippen molar-refractivity contribution in [3.63, 3.8) is 0 Å². The zero-order valence-electron chi connectivity index (χ0n) is 6.25. The van der Waals surface area contributed by atoms with Gasteiger partial charge in [-0.15, -0.1) is 0 Å². The number of para-hydroxylation sites is 1. The summed E-state index contributed by atoms with van der Waals surface area (Å²) in [5, 5.41) is 8.17. The van der Waals surface area contributed by atoms with Gasteiger partial charge in [-0.25, -0.2) is 4.39 Å². The van der Waals surface area contributed by atoms with Gasteiger partial charge in [0.1, 0.15) is 6.07 Å². The molecule has 0 atom stereocenters. The first kappa shape index (κ1) is 8.34. The van der Waals surface area contributed by atoms with Crippen molar-refractivity contribution in [2.45, 2.75) is 0 Å². The molecule has 1 rings (SSSR count). The van der Waals surface area contributed by atoms with Crippen LogP contribution in [0, 0.1) is 17.1 Å². The first-order chi connectivity index (χ1) is 5.75. The Morgan fingerprint density at radius 3 is 2.92 bits per heavy atom. The second-order valence-electron chi connectivity index (χ2n) is 2.10. The first-order valence-corrected chi connectivity index (χ1v) is 3.29. The molecule has 12 heavy (non-hydrogen) atoms. The Labute approximate surface area is 69.2 Å². The normalized spacial score (nSPS) is 9.00. The van der Waals surface area contributed by atoms with Crippen LogP contribution in [0.15, 0.2) is 18.2 Å². The van der Waals surface area contributed by atoms with Crippen LogP contribution in [0.2, 0.25) is 0 Å². The summed E-state index contributed by atoms with van der Waals surface area (Å²) in [6.07, 6.45) is 0. The first-order valence-electron chi connectivity index (χ1n) is 3.29. The maximum Gasteiger partial charge on any atom is 0.179 e. The number of benzene rings is 1. The number of nitrogen functional groups attached to an aromatic ring is 1. The highest BCUT2D eigenvalue weighted by molar-refractivity contribution is 5.52. The molecule has 0 unspecified atom stereocenters. The van der Waals surface area contributed by atoms with E-state index in [9.17, 15) is 4.39 Å². The van der Waals surface area contributed by atoms with E-state index < -0.39 is 5.82 Å². The topological polar surface area (TPSA) is 59.0 Å². The highest BCUT2D eigenvalue weighted by Gasteiger charge is 2.05. The quantitative estimate of drug-likeness (QED) is 0.674. The maximum atomic E-state index is 12.9. The molecule has 3 nitrogen and oxygen atoms in total. The van der Waals surface area contributed by atoms with Crippen molar-refractivity contribution in [3.05, 3.63) is 24.0 Å². The Morgan fingerprint density at radius 1 is 1.58 bits per heavy atom. The van der Waals surface area contributed by atoms with Crippen molar-refractivity contribution >= 4 is 5.69 Å². The molecule has 0 amide bonds. The maximum absolute atomic E-state index is 12.9. The molecule has 0 bridgehead atoms. The molecule has 1 aromatic carbocycles. The fourth-order valence-corrected chi connectivity index (χ4v) is 0.782. The van der Waals surface area contributed by atoms with E-state index in [1.54, 1.807) is 6.07 Å². The zero-order chi connectivity index (χ0) is 8.97. The van der Waals surface area contributed by atoms with E-state index in [4.69, 9.17) is 15.7 Å². The largest absolute Gasteiger partial charge is 0.473 e. The molecular weight excluding hydrogens is 159 g/mol. The lowest BCUT2D eigenvalue weighted by Gasteiger charge is -2.05. The minimum atomic E-state index is -0.551. The molecule has 62 valence electrons. The molecule has 0 heterocycles. The Kier molecular flexibility index (Phi) is 2.49. The minimum Gasteiger partial charge on any atom is -0.473 e. The van der Waals surface area contributed by atoms with Gasteiger partial charge in [-0.3, -0.25) is 0 Å². The number of rotatable bonds is 2. The second-order valence-corrected chi connectivity index (χ2v) is 2.10. The minimum absolute atomic E-state index is 0.0564. The monoisotopic (exact) mass is 166 g/mol. The van der Waals surface area contributed by atoms with Gasteiger partial charge in [-0.2, -0.15) is 5.26 Å². The fourth-order valence-electron chi connectivity index (χ4n) is 0.782. The highest BCUT2D eigenvalue weighted by Crippen LogP contribution is 2.24. The molecule has 0 fully saturated rings. The zero-order valence-corrected chi connectivity index (χ0v) is 6.25. The van der Waals surface area contributed by atoms with Gasteiger partial charge in [-0.05, 0) is 12.1 Å². The van der Waals surface area contributed by atoms with Gasteiger partial charge in [0.25, 0.3) is 0 Å². The van der Waals surface area contributed by atoms with Crippen molar-refractivity contribution in [1.82, 2.24) is 0 Å². The van der Waals surface area contributed by atoms with E-state index in [1.807, 2.05) is 0 Å². The summed E-state index contributed by atoms with van der Waals surface area (Å²) in [5.74, 6) is -0.607. The molecule has 1 aromatic rings. The van der Waals surface area contributed by atoms with Crippen LogP contribution in [0.3, 0.4) is 0 Å². The van der Waals surface area contributed by atoms with Crippen molar-refractivity contribution in [2.75, 3.05) is 12.3 Å². The van der Waals surface area contributed by atoms with E-state index in [0.29, 0.717) is 0 Å². The third kappa shape index (κ3) is 1.64. The summed E-state index contributed by atoms with van der Waals surface area (Å²) < 4.78 is 17.6. The summed E-state index contributed by atoms with van der Waals surface area (Å²) in [5.41, 5.74) is 5.59. The van der Waals surface area contributed by atoms with Crippen LogP contribution < -0.4 is 10.5 Å². The standard InChI is InChI=1S/C8H7FN2O/c9-6-2-1-3-7(11)8(6)12-5-4-10/h1-3H,5,11H2. The number of nitrogens with two attached hydrogens (primary N) is 1. The summed E-state index contributed by atoms with van der Waals surface area (Å²) in [6.45, 7) is -0.203. The van der Waals surface area contributed by atoms with E-state index in [0.717, 1.165) is 0 Å². The molecule has 0 aliphatic heterocycles. The average molecular weight is 166 g/mol. The second kappa shape index (κ2) is 3.58. The van der Waals surface area contributed by atoms with Crippen LogP contribution >= 0.6 is 0 Å². The van der Waals surface area contributed by atoms with Crippen molar-refractivity contribution in [1.29, 1.82) is 5.26 Å². The summed E-state index contributed by atoms with van der Waals surface area (Å²) in [7, 11) is 0. The third-order valence-corrected chi connectivity index (χ3v) is 1.28. The lowest BCUT2D eigenvalue weighted by molar-refractivity contribution is 0.348. The number of hydrogen-bond acceptors (Lipinski definition) is 3. The van der Waals surface area contributed by atoms with E-state index in [1.165, 1.54) is 18.2 Å². The number of anilines is 1. The Hall–Kier alpha value is -1.76. The SMILES string of the molecule is N#CCOc1c(N)cccc1F. The predicted molar refractivity (Wildman–Crippen MR) is 41.9 cm³/mol. The highest BCUT2D eigenvalue weighted by atomic mass is 19.1. The van der Waals surface area contributed by atoms with Crippen molar-refractivity contribution in [3.8, 4) is 11.8 Å². The van der Waals surface area contributed by atoms with Gasteiger partial charge in [0.15, 0.2) is 18.2 Å². The van der Waals surface area contributed by atoms with Crippen LogP contribution in [0.5, 0.6) is 5.75 Å². The van der Waals surface area contributed by atoms with Crippen LogP contribution in [0.1, 0.15) is 0 Å². The molecule has 0 saturated carbocycles. The Morgan fingerprint density at radius 2 is 2.33 bits per heavy atom. The molecule has 0 aliphatic carbocycles. The van der Waals surface area contributed by atoms with Crippen LogP contribution in [-0.2, 0) is 0 Å². The van der Waals surface area contributed by atoms with Gasteiger partial charge in [0.05, 0.1) is 5.69 Å². The number of hydrogen-bond donors (Lipinski definition) is 1. The Bertz CT molecular complexity index is 299. The number of nitrogens with zero attached hydrogens (tertiary/aromatic N) is 1. The van der Waals surface area contributed by atoms with E-state index in [2.05, 4.69) is 0 Å². The number of nitriles is 1. The van der Waals surface area contributed by atoms with Crippen LogP contribution in [-0.4, -0.2) is 6.61 Å². The van der Waals surface area contributed by atoms with Crippen molar-refractivity contribution in [2.24, 2.45) is 0 Å². The van der Waals surface area contributed by atoms with Gasteiger partial charge >= 0.3 is 0 Å². The van der Waals surface area contributed by atoms with Gasteiger partial charge in [-0.1, -0.05) is 6.07 Å². The number of halogens is 1. The molecular formula is C8H7FN2O. The average Bonchev–Trinajstić information content (AvgIpc) is 2.04. The molecule has 0 aromatic heterocycles.